The van der Waals surface area contributed by atoms with E-state index < -0.39 is 23.8 Å². The molecule has 0 bridgehead atoms. The predicted molar refractivity (Wildman–Crippen MR) is 148 cm³/mol. The molecular weight excluding hydrogens is 529 g/mol. The molecule has 0 unspecified atom stereocenters. The van der Waals surface area contributed by atoms with Crippen LogP contribution < -0.4 is 10.7 Å². The van der Waals surface area contributed by atoms with Gasteiger partial charge in [0.1, 0.15) is 17.6 Å². The highest BCUT2D eigenvalue weighted by Gasteiger charge is 2.23. The van der Waals surface area contributed by atoms with E-state index in [-0.39, 0.29) is 22.6 Å². The number of furan rings is 1. The number of hydrogen-bond donors (Lipinski definition) is 2. The Morgan fingerprint density at radius 1 is 1.03 bits per heavy atom. The maximum absolute atomic E-state index is 12.8. The fourth-order valence-corrected chi connectivity index (χ4v) is 4.00. The van der Waals surface area contributed by atoms with Gasteiger partial charge in [0.25, 0.3) is 11.8 Å². The fraction of sp³-hybridized carbons (Fsp3) is 0.286. The summed E-state index contributed by atoms with van der Waals surface area (Å²) in [7, 11) is 0. The lowest BCUT2D eigenvalue weighted by Crippen LogP contribution is -2.46. The summed E-state index contributed by atoms with van der Waals surface area (Å²) in [4.78, 5) is 37.7. The standard InChI is InChI=1S/C28H29Cl2N3O5/c1-16(2)12-24(32-26(34)22-10-8-20(29)14-23(22)30)27(35)33-31-15-21-9-11-25(38-21)18-6-5-7-19(13-18)28(36)37-17(3)4/h5-11,13-17,24H,12H2,1-4H3,(H,32,34)(H,33,35)/b31-15+/t24-/m1/s1. The average Bonchev–Trinajstić information content (AvgIpc) is 3.32. The number of nitrogens with zero attached hydrogens (tertiary/aromatic N) is 1. The van der Waals surface area contributed by atoms with Gasteiger partial charge in [-0.05, 0) is 68.7 Å². The molecule has 1 aromatic heterocycles. The van der Waals surface area contributed by atoms with Crippen molar-refractivity contribution in [2.75, 3.05) is 0 Å². The number of hydrazone groups is 1. The Bertz CT molecular complexity index is 1330. The Hall–Kier alpha value is -3.62. The van der Waals surface area contributed by atoms with Gasteiger partial charge in [-0.2, -0.15) is 5.10 Å². The zero-order chi connectivity index (χ0) is 27.8. The zero-order valence-electron chi connectivity index (χ0n) is 21.5. The average molecular weight is 558 g/mol. The second-order valence-electron chi connectivity index (χ2n) is 9.25. The molecule has 2 N–H and O–H groups in total. The Morgan fingerprint density at radius 2 is 1.79 bits per heavy atom. The minimum atomic E-state index is -0.841. The molecule has 0 aliphatic rings. The van der Waals surface area contributed by atoms with Crippen molar-refractivity contribution in [3.63, 3.8) is 0 Å². The highest BCUT2D eigenvalue weighted by atomic mass is 35.5. The van der Waals surface area contributed by atoms with Gasteiger partial charge in [0.05, 0.1) is 28.5 Å². The van der Waals surface area contributed by atoms with Crippen LogP contribution in [0, 0.1) is 5.92 Å². The number of nitrogens with one attached hydrogen (secondary N) is 2. The molecule has 2 aromatic carbocycles. The number of esters is 1. The molecule has 38 heavy (non-hydrogen) atoms. The number of carbonyl (C=O) groups excluding carboxylic acids is 3. The zero-order valence-corrected chi connectivity index (χ0v) is 23.0. The lowest BCUT2D eigenvalue weighted by atomic mass is 10.0. The SMILES string of the molecule is CC(C)C[C@@H](NC(=O)c1ccc(Cl)cc1Cl)C(=O)N/N=C/c1ccc(-c2cccc(C(=O)OC(C)C)c2)o1. The van der Waals surface area contributed by atoms with Crippen LogP contribution in [0.1, 0.15) is 60.6 Å². The van der Waals surface area contributed by atoms with Crippen LogP contribution in [0.25, 0.3) is 11.3 Å². The summed E-state index contributed by atoms with van der Waals surface area (Å²) in [6, 6.07) is 14.0. The number of hydrogen-bond acceptors (Lipinski definition) is 6. The highest BCUT2D eigenvalue weighted by molar-refractivity contribution is 6.36. The van der Waals surface area contributed by atoms with E-state index in [9.17, 15) is 14.4 Å². The third-order valence-corrected chi connectivity index (χ3v) is 5.77. The van der Waals surface area contributed by atoms with E-state index in [1.165, 1.54) is 18.3 Å². The predicted octanol–water partition coefficient (Wildman–Crippen LogP) is 6.11. The smallest absolute Gasteiger partial charge is 0.338 e. The summed E-state index contributed by atoms with van der Waals surface area (Å²) in [6.45, 7) is 7.44. The maximum atomic E-state index is 12.8. The van der Waals surface area contributed by atoms with Crippen molar-refractivity contribution in [2.45, 2.75) is 46.3 Å². The van der Waals surface area contributed by atoms with Crippen LogP contribution >= 0.6 is 23.2 Å². The van der Waals surface area contributed by atoms with Gasteiger partial charge in [-0.25, -0.2) is 10.2 Å². The molecule has 3 aromatic rings. The van der Waals surface area contributed by atoms with E-state index >= 15 is 0 Å². The van der Waals surface area contributed by atoms with Crippen molar-refractivity contribution in [2.24, 2.45) is 11.0 Å². The highest BCUT2D eigenvalue weighted by Crippen LogP contribution is 2.23. The van der Waals surface area contributed by atoms with Gasteiger partial charge >= 0.3 is 5.97 Å². The minimum Gasteiger partial charge on any atom is -0.459 e. The van der Waals surface area contributed by atoms with Crippen LogP contribution in [0.5, 0.6) is 0 Å². The summed E-state index contributed by atoms with van der Waals surface area (Å²) < 4.78 is 11.0. The summed E-state index contributed by atoms with van der Waals surface area (Å²) in [5, 5.41) is 7.28. The van der Waals surface area contributed by atoms with E-state index in [0.29, 0.717) is 34.1 Å². The van der Waals surface area contributed by atoms with Crippen LogP contribution in [-0.2, 0) is 9.53 Å². The molecule has 0 fully saturated rings. The van der Waals surface area contributed by atoms with Crippen LogP contribution in [-0.4, -0.2) is 36.1 Å². The van der Waals surface area contributed by atoms with Crippen molar-refractivity contribution in [1.29, 1.82) is 0 Å². The first kappa shape index (κ1) is 28.9. The molecule has 0 aliphatic carbocycles. The Kier molecular flexibility index (Phi) is 10.1. The van der Waals surface area contributed by atoms with Crippen LogP contribution in [0.3, 0.4) is 0 Å². The molecule has 0 saturated heterocycles. The van der Waals surface area contributed by atoms with Crippen molar-refractivity contribution in [3.05, 3.63) is 81.5 Å². The lowest BCUT2D eigenvalue weighted by Gasteiger charge is -2.19. The lowest BCUT2D eigenvalue weighted by molar-refractivity contribution is -0.123. The first-order valence-corrected chi connectivity index (χ1v) is 12.8. The number of benzene rings is 2. The van der Waals surface area contributed by atoms with Crippen molar-refractivity contribution < 1.29 is 23.5 Å². The molecule has 0 saturated carbocycles. The molecule has 8 nitrogen and oxygen atoms in total. The number of carbonyl (C=O) groups is 3. The third kappa shape index (κ3) is 8.19. The van der Waals surface area contributed by atoms with Crippen molar-refractivity contribution in [1.82, 2.24) is 10.7 Å². The Labute approximate surface area is 231 Å². The fourth-order valence-electron chi connectivity index (χ4n) is 3.51. The monoisotopic (exact) mass is 557 g/mol. The third-order valence-electron chi connectivity index (χ3n) is 5.22. The van der Waals surface area contributed by atoms with E-state index in [1.54, 1.807) is 56.3 Å². The maximum Gasteiger partial charge on any atom is 0.338 e. The van der Waals surface area contributed by atoms with Crippen LogP contribution in [0.4, 0.5) is 0 Å². The van der Waals surface area contributed by atoms with E-state index in [4.69, 9.17) is 32.4 Å². The van der Waals surface area contributed by atoms with E-state index in [1.807, 2.05) is 13.8 Å². The Morgan fingerprint density at radius 3 is 2.47 bits per heavy atom. The van der Waals surface area contributed by atoms with Gasteiger partial charge in [0.2, 0.25) is 0 Å². The number of halogens is 2. The van der Waals surface area contributed by atoms with Gasteiger partial charge in [-0.15, -0.1) is 0 Å². The molecule has 0 radical (unpaired) electrons. The first-order chi connectivity index (χ1) is 18.0. The van der Waals surface area contributed by atoms with E-state index in [0.717, 1.165) is 0 Å². The Balaban J connectivity index is 1.66. The molecule has 1 atom stereocenters. The second kappa shape index (κ2) is 13.3. The van der Waals surface area contributed by atoms with Gasteiger partial charge < -0.3 is 14.5 Å². The largest absolute Gasteiger partial charge is 0.459 e. The molecule has 2 amide bonds. The molecule has 3 rings (SSSR count). The van der Waals surface area contributed by atoms with Crippen molar-refractivity contribution >= 4 is 47.2 Å². The van der Waals surface area contributed by atoms with Gasteiger partial charge in [-0.1, -0.05) is 49.2 Å². The molecular formula is C28H29Cl2N3O5. The number of ether oxygens (including phenoxy) is 1. The summed E-state index contributed by atoms with van der Waals surface area (Å²) in [6.07, 6.45) is 1.51. The first-order valence-electron chi connectivity index (χ1n) is 12.0. The number of amides is 2. The molecule has 10 heteroatoms. The van der Waals surface area contributed by atoms with Crippen LogP contribution in [0.2, 0.25) is 10.0 Å². The molecule has 200 valence electrons. The van der Waals surface area contributed by atoms with Gasteiger partial charge in [0.15, 0.2) is 0 Å². The van der Waals surface area contributed by atoms with Crippen molar-refractivity contribution in [3.8, 4) is 11.3 Å². The van der Waals surface area contributed by atoms with E-state index in [2.05, 4.69) is 15.8 Å². The number of rotatable bonds is 10. The molecule has 0 spiro atoms. The van der Waals surface area contributed by atoms with Crippen LogP contribution in [0.15, 0.2) is 64.1 Å². The second-order valence-corrected chi connectivity index (χ2v) is 10.1. The topological polar surface area (TPSA) is 110 Å². The summed E-state index contributed by atoms with van der Waals surface area (Å²) in [5.41, 5.74) is 3.76. The quantitative estimate of drug-likeness (QED) is 0.177. The molecule has 0 aliphatic heterocycles. The minimum absolute atomic E-state index is 0.122. The summed E-state index contributed by atoms with van der Waals surface area (Å²) >= 11 is 12.0. The van der Waals surface area contributed by atoms with Gasteiger partial charge in [-0.3, -0.25) is 9.59 Å². The normalized spacial score (nSPS) is 12.1. The van der Waals surface area contributed by atoms with Gasteiger partial charge in [0, 0.05) is 10.6 Å². The summed E-state index contributed by atoms with van der Waals surface area (Å²) in [5.74, 6) is -0.381. The molecule has 1 heterocycles.